The molecular formula is C18H29N5OS. The van der Waals surface area contributed by atoms with Gasteiger partial charge >= 0.3 is 0 Å². The van der Waals surface area contributed by atoms with Crippen LogP contribution in [0.15, 0.2) is 18.3 Å². The van der Waals surface area contributed by atoms with Gasteiger partial charge in [0.05, 0.1) is 25.1 Å². The summed E-state index contributed by atoms with van der Waals surface area (Å²) in [5.74, 6) is 1.81. The molecule has 1 aromatic rings. The average molecular weight is 364 g/mol. The summed E-state index contributed by atoms with van der Waals surface area (Å²) in [6.45, 7) is 9.99. The summed E-state index contributed by atoms with van der Waals surface area (Å²) < 4.78 is 5.35. The van der Waals surface area contributed by atoms with Crippen molar-refractivity contribution in [3.63, 3.8) is 0 Å². The van der Waals surface area contributed by atoms with Crippen molar-refractivity contribution in [3.05, 3.63) is 18.3 Å². The van der Waals surface area contributed by atoms with Crippen molar-refractivity contribution < 1.29 is 4.74 Å². The first-order valence-corrected chi connectivity index (χ1v) is 9.67. The number of rotatable bonds is 5. The van der Waals surface area contributed by atoms with E-state index in [2.05, 4.69) is 44.5 Å². The topological polar surface area (TPSA) is 52.7 Å². The van der Waals surface area contributed by atoms with E-state index >= 15 is 0 Å². The van der Waals surface area contributed by atoms with Gasteiger partial charge in [-0.25, -0.2) is 4.98 Å². The van der Waals surface area contributed by atoms with Gasteiger partial charge in [-0.05, 0) is 43.1 Å². The lowest BCUT2D eigenvalue weighted by Crippen LogP contribution is -2.42. The molecule has 2 fully saturated rings. The number of ether oxygens (including phenoxy) is 1. The molecular weight excluding hydrogens is 334 g/mol. The van der Waals surface area contributed by atoms with Crippen LogP contribution in [0.4, 0.5) is 11.5 Å². The van der Waals surface area contributed by atoms with Gasteiger partial charge in [-0.15, -0.1) is 0 Å². The fourth-order valence-electron chi connectivity index (χ4n) is 3.37. The van der Waals surface area contributed by atoms with Crippen LogP contribution in [-0.4, -0.2) is 67.5 Å². The van der Waals surface area contributed by atoms with Crippen molar-refractivity contribution in [1.82, 2.24) is 15.2 Å². The quantitative estimate of drug-likeness (QED) is 0.776. The number of pyridine rings is 1. The average Bonchev–Trinajstić information content (AvgIpc) is 2.63. The molecule has 25 heavy (non-hydrogen) atoms. The molecule has 0 radical (unpaired) electrons. The van der Waals surface area contributed by atoms with Gasteiger partial charge in [-0.3, -0.25) is 4.90 Å². The van der Waals surface area contributed by atoms with Crippen molar-refractivity contribution in [2.24, 2.45) is 5.92 Å². The zero-order valence-electron chi connectivity index (χ0n) is 15.0. The first-order valence-electron chi connectivity index (χ1n) is 9.26. The SMILES string of the molecule is CC1CCCN(c2ccc(NC(=S)NCCN3CCOCC3)cn2)C1. The highest BCUT2D eigenvalue weighted by atomic mass is 32.1. The molecule has 2 aliphatic heterocycles. The predicted molar refractivity (Wildman–Crippen MR) is 106 cm³/mol. The van der Waals surface area contributed by atoms with E-state index in [1.807, 2.05) is 6.20 Å². The molecule has 2 aliphatic rings. The lowest BCUT2D eigenvalue weighted by Gasteiger charge is -2.31. The summed E-state index contributed by atoms with van der Waals surface area (Å²) in [7, 11) is 0. The van der Waals surface area contributed by atoms with Gasteiger partial charge < -0.3 is 20.3 Å². The van der Waals surface area contributed by atoms with E-state index in [9.17, 15) is 0 Å². The maximum atomic E-state index is 5.37. The Hall–Kier alpha value is -1.44. The number of morpholine rings is 1. The van der Waals surface area contributed by atoms with Crippen LogP contribution < -0.4 is 15.5 Å². The van der Waals surface area contributed by atoms with E-state index in [1.54, 1.807) is 0 Å². The molecule has 3 heterocycles. The molecule has 0 bridgehead atoms. The largest absolute Gasteiger partial charge is 0.379 e. The number of piperidine rings is 1. The fourth-order valence-corrected chi connectivity index (χ4v) is 3.59. The van der Waals surface area contributed by atoms with E-state index < -0.39 is 0 Å². The van der Waals surface area contributed by atoms with Gasteiger partial charge in [0, 0.05) is 39.3 Å². The third-order valence-electron chi connectivity index (χ3n) is 4.80. The van der Waals surface area contributed by atoms with E-state index in [0.717, 1.165) is 69.9 Å². The van der Waals surface area contributed by atoms with Crippen LogP contribution in [0.5, 0.6) is 0 Å². The van der Waals surface area contributed by atoms with E-state index in [1.165, 1.54) is 12.8 Å². The molecule has 3 rings (SSSR count). The highest BCUT2D eigenvalue weighted by Crippen LogP contribution is 2.21. The zero-order valence-corrected chi connectivity index (χ0v) is 15.9. The summed E-state index contributed by atoms with van der Waals surface area (Å²) in [5, 5.41) is 7.12. The van der Waals surface area contributed by atoms with Crippen molar-refractivity contribution in [2.45, 2.75) is 19.8 Å². The maximum Gasteiger partial charge on any atom is 0.170 e. The summed E-state index contributed by atoms with van der Waals surface area (Å²) in [6, 6.07) is 4.13. The molecule has 0 saturated carbocycles. The first-order chi connectivity index (χ1) is 12.2. The lowest BCUT2D eigenvalue weighted by molar-refractivity contribution is 0.0389. The molecule has 0 aromatic carbocycles. The lowest BCUT2D eigenvalue weighted by atomic mass is 10.0. The molecule has 2 N–H and O–H groups in total. The molecule has 6 nitrogen and oxygen atoms in total. The zero-order chi connectivity index (χ0) is 17.5. The minimum atomic E-state index is 0.648. The van der Waals surface area contributed by atoms with Crippen LogP contribution in [0, 0.1) is 5.92 Å². The standard InChI is InChI=1S/C18H29N5OS/c1-15-3-2-7-23(14-15)17-5-4-16(13-20-17)21-18(25)19-6-8-22-9-11-24-12-10-22/h4-5,13,15H,2-3,6-12,14H2,1H3,(H2,19,21,25). The Morgan fingerprint density at radius 1 is 1.32 bits per heavy atom. The highest BCUT2D eigenvalue weighted by Gasteiger charge is 2.17. The summed E-state index contributed by atoms with van der Waals surface area (Å²) >= 11 is 5.37. The molecule has 0 aliphatic carbocycles. The highest BCUT2D eigenvalue weighted by molar-refractivity contribution is 7.80. The maximum absolute atomic E-state index is 5.37. The number of nitrogens with zero attached hydrogens (tertiary/aromatic N) is 3. The van der Waals surface area contributed by atoms with Crippen molar-refractivity contribution in [1.29, 1.82) is 0 Å². The smallest absolute Gasteiger partial charge is 0.170 e. The van der Waals surface area contributed by atoms with Crippen LogP contribution >= 0.6 is 12.2 Å². The molecule has 7 heteroatoms. The second-order valence-electron chi connectivity index (χ2n) is 6.93. The number of anilines is 2. The van der Waals surface area contributed by atoms with Crippen molar-refractivity contribution in [3.8, 4) is 0 Å². The van der Waals surface area contributed by atoms with Crippen molar-refractivity contribution >= 4 is 28.8 Å². The minimum absolute atomic E-state index is 0.648. The second-order valence-corrected chi connectivity index (χ2v) is 7.34. The van der Waals surface area contributed by atoms with E-state index in [-0.39, 0.29) is 0 Å². The molecule has 1 aromatic heterocycles. The fraction of sp³-hybridized carbons (Fsp3) is 0.667. The first kappa shape index (κ1) is 18.4. The van der Waals surface area contributed by atoms with Crippen LogP contribution in [0.3, 0.4) is 0 Å². The van der Waals surface area contributed by atoms with E-state index in [0.29, 0.717) is 5.11 Å². The summed E-state index contributed by atoms with van der Waals surface area (Å²) in [6.07, 6.45) is 4.44. The Labute approximate surface area is 155 Å². The number of hydrogen-bond donors (Lipinski definition) is 2. The number of nitrogens with one attached hydrogen (secondary N) is 2. The number of aromatic nitrogens is 1. The Morgan fingerprint density at radius 2 is 2.16 bits per heavy atom. The molecule has 138 valence electrons. The van der Waals surface area contributed by atoms with Gasteiger partial charge in [0.2, 0.25) is 0 Å². The number of hydrogen-bond acceptors (Lipinski definition) is 5. The van der Waals surface area contributed by atoms with Crippen molar-refractivity contribution in [2.75, 3.05) is 62.7 Å². The van der Waals surface area contributed by atoms with E-state index in [4.69, 9.17) is 17.0 Å². The summed E-state index contributed by atoms with van der Waals surface area (Å²) in [4.78, 5) is 9.35. The van der Waals surface area contributed by atoms with Gasteiger partial charge in [-0.1, -0.05) is 6.92 Å². The third kappa shape index (κ3) is 5.80. The van der Waals surface area contributed by atoms with Gasteiger partial charge in [0.15, 0.2) is 5.11 Å². The van der Waals surface area contributed by atoms with Crippen LogP contribution in [0.2, 0.25) is 0 Å². The molecule has 0 spiro atoms. The predicted octanol–water partition coefficient (Wildman–Crippen LogP) is 1.94. The molecule has 2 saturated heterocycles. The van der Waals surface area contributed by atoms with Gasteiger partial charge in [-0.2, -0.15) is 0 Å². The molecule has 1 atom stereocenters. The third-order valence-corrected chi connectivity index (χ3v) is 5.05. The Balaban J connectivity index is 1.40. The van der Waals surface area contributed by atoms with Gasteiger partial charge in [0.25, 0.3) is 0 Å². The Bertz CT molecular complexity index is 547. The minimum Gasteiger partial charge on any atom is -0.379 e. The second kappa shape index (κ2) is 9.31. The Morgan fingerprint density at radius 3 is 2.88 bits per heavy atom. The summed E-state index contributed by atoms with van der Waals surface area (Å²) in [5.41, 5.74) is 0.928. The molecule has 0 amide bonds. The molecule has 1 unspecified atom stereocenters. The van der Waals surface area contributed by atoms with Gasteiger partial charge in [0.1, 0.15) is 5.82 Å². The monoisotopic (exact) mass is 363 g/mol. The Kier molecular flexibility index (Phi) is 6.84. The van der Waals surface area contributed by atoms with Crippen LogP contribution in [-0.2, 0) is 4.74 Å². The number of thiocarbonyl (C=S) groups is 1. The normalized spacial score (nSPS) is 21.8. The van der Waals surface area contributed by atoms with Crippen LogP contribution in [0.25, 0.3) is 0 Å². The van der Waals surface area contributed by atoms with Crippen LogP contribution in [0.1, 0.15) is 19.8 Å².